The Labute approximate surface area is 229 Å². The third kappa shape index (κ3) is 5.41. The molecule has 0 saturated carbocycles. The van der Waals surface area contributed by atoms with Crippen LogP contribution in [0.1, 0.15) is 50.2 Å². The normalized spacial score (nSPS) is 20.7. The molecule has 0 fully saturated rings. The first-order valence-electron chi connectivity index (χ1n) is 13.2. The van der Waals surface area contributed by atoms with E-state index in [0.717, 1.165) is 16.8 Å². The monoisotopic (exact) mass is 532 g/mol. The number of nitrogens with zero attached hydrogens (tertiary/aromatic N) is 1. The molecule has 0 unspecified atom stereocenters. The quantitative estimate of drug-likeness (QED) is 0.393. The zero-order chi connectivity index (χ0) is 28.3. The summed E-state index contributed by atoms with van der Waals surface area (Å²) in [5.41, 5.74) is 4.65. The molecule has 2 aliphatic rings. The highest BCUT2D eigenvalue weighted by atomic mass is 16.5. The summed E-state index contributed by atoms with van der Waals surface area (Å²) in [6.07, 6.45) is 0.386. The first-order valence-corrected chi connectivity index (χ1v) is 13.2. The van der Waals surface area contributed by atoms with Gasteiger partial charge in [-0.3, -0.25) is 9.59 Å². The first-order chi connectivity index (χ1) is 18.7. The number of ether oxygens (including phenoxy) is 3. The van der Waals surface area contributed by atoms with Crippen LogP contribution in [0, 0.1) is 5.92 Å². The van der Waals surface area contributed by atoms with Crippen molar-refractivity contribution in [2.24, 2.45) is 5.92 Å². The molecule has 8 nitrogen and oxygen atoms in total. The summed E-state index contributed by atoms with van der Waals surface area (Å²) >= 11 is 0. The minimum absolute atomic E-state index is 0.153. The van der Waals surface area contributed by atoms with Crippen molar-refractivity contribution in [3.63, 3.8) is 0 Å². The van der Waals surface area contributed by atoms with Crippen LogP contribution < -0.4 is 15.0 Å². The average Bonchev–Trinajstić information content (AvgIpc) is 2.92. The molecule has 1 heterocycles. The summed E-state index contributed by atoms with van der Waals surface area (Å²) < 4.78 is 16.3. The second-order valence-corrected chi connectivity index (χ2v) is 9.88. The van der Waals surface area contributed by atoms with Crippen molar-refractivity contribution < 1.29 is 28.6 Å². The van der Waals surface area contributed by atoms with Gasteiger partial charge in [0.1, 0.15) is 11.7 Å². The van der Waals surface area contributed by atoms with Crippen LogP contribution in [0.4, 0.5) is 5.69 Å². The van der Waals surface area contributed by atoms with Gasteiger partial charge in [-0.15, -0.1) is 0 Å². The number of esters is 2. The molecular formula is C31H36N2O6. The molecule has 206 valence electrons. The van der Waals surface area contributed by atoms with Gasteiger partial charge in [0.2, 0.25) is 0 Å². The Morgan fingerprint density at radius 2 is 1.69 bits per heavy atom. The number of ketones is 1. The molecule has 2 aromatic rings. The summed E-state index contributed by atoms with van der Waals surface area (Å²) in [5, 5.41) is 3.33. The predicted molar refractivity (Wildman–Crippen MR) is 148 cm³/mol. The Morgan fingerprint density at radius 1 is 1.00 bits per heavy atom. The van der Waals surface area contributed by atoms with E-state index < -0.39 is 29.7 Å². The van der Waals surface area contributed by atoms with Crippen molar-refractivity contribution in [1.82, 2.24) is 5.32 Å². The van der Waals surface area contributed by atoms with E-state index in [1.807, 2.05) is 74.4 Å². The predicted octanol–water partition coefficient (Wildman–Crippen LogP) is 4.48. The van der Waals surface area contributed by atoms with Crippen molar-refractivity contribution in [2.75, 3.05) is 39.3 Å². The number of carbonyl (C=O) groups excluding carboxylic acids is 3. The van der Waals surface area contributed by atoms with Gasteiger partial charge >= 0.3 is 11.9 Å². The average molecular weight is 533 g/mol. The van der Waals surface area contributed by atoms with Crippen molar-refractivity contribution >= 4 is 23.4 Å². The van der Waals surface area contributed by atoms with Crippen LogP contribution in [0.2, 0.25) is 0 Å². The van der Waals surface area contributed by atoms with E-state index >= 15 is 0 Å². The summed E-state index contributed by atoms with van der Waals surface area (Å²) in [4.78, 5) is 43.0. The molecule has 0 saturated heterocycles. The zero-order valence-electron chi connectivity index (χ0n) is 23.4. The van der Waals surface area contributed by atoms with Crippen LogP contribution in [-0.2, 0) is 23.9 Å². The molecule has 3 atom stereocenters. The Balaban J connectivity index is 1.89. The number of allylic oxidation sites excluding steroid dienone is 3. The number of carbonyl (C=O) groups is 3. The molecule has 0 radical (unpaired) electrons. The number of benzene rings is 2. The maximum atomic E-state index is 14.4. The fourth-order valence-electron chi connectivity index (χ4n) is 5.50. The van der Waals surface area contributed by atoms with Gasteiger partial charge in [0.05, 0.1) is 25.9 Å². The second kappa shape index (κ2) is 11.8. The molecule has 0 amide bonds. The number of anilines is 1. The molecule has 0 bridgehead atoms. The van der Waals surface area contributed by atoms with E-state index in [4.69, 9.17) is 14.2 Å². The van der Waals surface area contributed by atoms with Crippen LogP contribution in [-0.4, -0.2) is 52.1 Å². The highest BCUT2D eigenvalue weighted by Gasteiger charge is 2.49. The van der Waals surface area contributed by atoms with Gasteiger partial charge in [0.15, 0.2) is 5.78 Å². The minimum Gasteiger partial charge on any atom is -0.497 e. The lowest BCUT2D eigenvalue weighted by molar-refractivity contribution is -0.152. The van der Waals surface area contributed by atoms with Crippen LogP contribution in [0.3, 0.4) is 0 Å². The van der Waals surface area contributed by atoms with E-state index in [0.29, 0.717) is 34.7 Å². The molecular weight excluding hydrogens is 496 g/mol. The van der Waals surface area contributed by atoms with Crippen molar-refractivity contribution in [3.8, 4) is 5.75 Å². The highest BCUT2D eigenvalue weighted by molar-refractivity contribution is 6.13. The highest BCUT2D eigenvalue weighted by Crippen LogP contribution is 2.48. The Hall–Kier alpha value is -4.07. The molecule has 0 aromatic heterocycles. The van der Waals surface area contributed by atoms with Crippen molar-refractivity contribution in [3.05, 3.63) is 82.2 Å². The van der Waals surface area contributed by atoms with Crippen LogP contribution >= 0.6 is 0 Å². The van der Waals surface area contributed by atoms with Gasteiger partial charge in [-0.2, -0.15) is 0 Å². The minimum atomic E-state index is -1.07. The molecule has 2 aromatic carbocycles. The summed E-state index contributed by atoms with van der Waals surface area (Å²) in [7, 11) is 5.47. The number of hydrogen-bond donors (Lipinski definition) is 1. The van der Waals surface area contributed by atoms with Gasteiger partial charge < -0.3 is 24.4 Å². The molecule has 4 rings (SSSR count). The fourth-order valence-corrected chi connectivity index (χ4v) is 5.50. The number of methoxy groups -OCH3 is 1. The zero-order valence-corrected chi connectivity index (χ0v) is 23.4. The molecule has 1 N–H and O–H groups in total. The van der Waals surface area contributed by atoms with Crippen LogP contribution in [0.25, 0.3) is 0 Å². The molecule has 0 spiro atoms. The van der Waals surface area contributed by atoms with Gasteiger partial charge in [0.25, 0.3) is 0 Å². The number of nitrogens with one attached hydrogen (secondary N) is 1. The maximum absolute atomic E-state index is 14.4. The van der Waals surface area contributed by atoms with E-state index in [1.165, 1.54) is 0 Å². The SMILES string of the molecule is CCOC(=O)C1=C(C)NC2=C(C(=O)[C@H](C(=O)OCC)[C@H](c3cccc(OC)c3)C2)[C@@H]1c1ccc(N(C)C)cc1. The van der Waals surface area contributed by atoms with Crippen LogP contribution in [0.15, 0.2) is 71.1 Å². The maximum Gasteiger partial charge on any atom is 0.336 e. The lowest BCUT2D eigenvalue weighted by atomic mass is 9.67. The number of rotatable bonds is 8. The summed E-state index contributed by atoms with van der Waals surface area (Å²) in [6, 6.07) is 15.2. The Morgan fingerprint density at radius 3 is 2.31 bits per heavy atom. The molecule has 39 heavy (non-hydrogen) atoms. The third-order valence-corrected chi connectivity index (χ3v) is 7.32. The number of hydrogen-bond acceptors (Lipinski definition) is 8. The number of Topliss-reactive ketones (excluding diaryl/α,β-unsaturated/α-hetero) is 1. The fraction of sp³-hybridized carbons (Fsp3) is 0.387. The smallest absolute Gasteiger partial charge is 0.336 e. The topological polar surface area (TPSA) is 94.2 Å². The van der Waals surface area contributed by atoms with E-state index in [2.05, 4.69) is 5.32 Å². The van der Waals surface area contributed by atoms with Crippen molar-refractivity contribution in [2.45, 2.75) is 39.0 Å². The first kappa shape index (κ1) is 28.0. The van der Waals surface area contributed by atoms with Gasteiger partial charge in [-0.05, 0) is 62.6 Å². The van der Waals surface area contributed by atoms with Crippen molar-refractivity contribution in [1.29, 1.82) is 0 Å². The van der Waals surface area contributed by atoms with E-state index in [-0.39, 0.29) is 19.0 Å². The standard InChI is InChI=1S/C31H36N2O6/c1-7-38-30(35)25-18(3)32-24-17-23(20-10-9-11-22(16-20)37-6)27(31(36)39-8-2)29(34)28(24)26(25)19-12-14-21(15-13-19)33(4)5/h9-16,23,26-27,32H,7-8,17H2,1-6H3/t23-,26+,27+/m0/s1. The largest absolute Gasteiger partial charge is 0.497 e. The lowest BCUT2D eigenvalue weighted by Gasteiger charge is -2.39. The summed E-state index contributed by atoms with van der Waals surface area (Å²) in [5.74, 6) is -3.01. The van der Waals surface area contributed by atoms with Gasteiger partial charge in [0, 0.05) is 48.6 Å². The van der Waals surface area contributed by atoms with Crippen LogP contribution in [0.5, 0.6) is 5.75 Å². The van der Waals surface area contributed by atoms with Gasteiger partial charge in [-0.1, -0.05) is 24.3 Å². The number of dihydropyridines is 1. The Kier molecular flexibility index (Phi) is 8.43. The Bertz CT molecular complexity index is 1320. The van der Waals surface area contributed by atoms with E-state index in [1.54, 1.807) is 21.0 Å². The summed E-state index contributed by atoms with van der Waals surface area (Å²) in [6.45, 7) is 5.64. The lowest BCUT2D eigenvalue weighted by Crippen LogP contribution is -2.43. The molecule has 8 heteroatoms. The third-order valence-electron chi connectivity index (χ3n) is 7.32. The van der Waals surface area contributed by atoms with Gasteiger partial charge in [-0.25, -0.2) is 4.79 Å². The second-order valence-electron chi connectivity index (χ2n) is 9.88. The molecule has 1 aliphatic heterocycles. The van der Waals surface area contributed by atoms with E-state index in [9.17, 15) is 14.4 Å². The molecule has 1 aliphatic carbocycles.